The third kappa shape index (κ3) is 2.08. The third-order valence-electron chi connectivity index (χ3n) is 3.21. The Bertz CT molecular complexity index is 135. The fourth-order valence-electron chi connectivity index (χ4n) is 2.14. The maximum atomic E-state index is 2.40. The zero-order valence-corrected chi connectivity index (χ0v) is 8.01. The van der Waals surface area contributed by atoms with E-state index in [-0.39, 0.29) is 0 Å². The van der Waals surface area contributed by atoms with Gasteiger partial charge in [-0.3, -0.25) is 0 Å². The summed E-state index contributed by atoms with van der Waals surface area (Å²) in [4.78, 5) is 0. The number of hydrogen-bond donors (Lipinski definition) is 0. The molecule has 1 aliphatic carbocycles. The van der Waals surface area contributed by atoms with E-state index in [9.17, 15) is 0 Å². The van der Waals surface area contributed by atoms with E-state index in [1.54, 1.807) is 0 Å². The summed E-state index contributed by atoms with van der Waals surface area (Å²) >= 11 is 0. The molecule has 0 bridgehead atoms. The summed E-state index contributed by atoms with van der Waals surface area (Å²) < 4.78 is 0. The molecule has 0 amide bonds. The van der Waals surface area contributed by atoms with E-state index < -0.39 is 0 Å². The van der Waals surface area contributed by atoms with Gasteiger partial charge in [-0.05, 0) is 31.1 Å². The Labute approximate surface area is 70.7 Å². The molecule has 1 rings (SSSR count). The molecular formula is C11H20. The molecule has 0 aliphatic heterocycles. The van der Waals surface area contributed by atoms with Crippen molar-refractivity contribution in [2.24, 2.45) is 17.8 Å². The predicted molar refractivity (Wildman–Crippen MR) is 50.5 cm³/mol. The maximum absolute atomic E-state index is 2.40. The summed E-state index contributed by atoms with van der Waals surface area (Å²) in [5.41, 5.74) is 0. The first-order chi connectivity index (χ1) is 5.25. The van der Waals surface area contributed by atoms with Gasteiger partial charge in [0.25, 0.3) is 0 Å². The number of allylic oxidation sites excluding steroid dienone is 2. The average molecular weight is 152 g/mol. The Morgan fingerprint density at radius 1 is 1.18 bits per heavy atom. The zero-order valence-electron chi connectivity index (χ0n) is 8.01. The second kappa shape index (κ2) is 3.94. The minimum atomic E-state index is 0.865. The van der Waals surface area contributed by atoms with Crippen molar-refractivity contribution in [1.82, 2.24) is 0 Å². The van der Waals surface area contributed by atoms with Crippen LogP contribution in [0, 0.1) is 17.8 Å². The van der Waals surface area contributed by atoms with Crippen LogP contribution in [-0.2, 0) is 0 Å². The monoisotopic (exact) mass is 152 g/mol. The van der Waals surface area contributed by atoms with Crippen molar-refractivity contribution >= 4 is 0 Å². The molecule has 64 valence electrons. The van der Waals surface area contributed by atoms with E-state index in [0.717, 1.165) is 17.8 Å². The molecule has 0 aromatic heterocycles. The molecule has 0 N–H and O–H groups in total. The number of rotatable bonds is 1. The Morgan fingerprint density at radius 2 is 1.91 bits per heavy atom. The van der Waals surface area contributed by atoms with Crippen molar-refractivity contribution in [2.75, 3.05) is 0 Å². The average Bonchev–Trinajstić information content (AvgIpc) is 1.99. The van der Waals surface area contributed by atoms with Crippen molar-refractivity contribution in [3.63, 3.8) is 0 Å². The minimum Gasteiger partial charge on any atom is -0.0914 e. The van der Waals surface area contributed by atoms with Crippen molar-refractivity contribution in [1.29, 1.82) is 0 Å². The van der Waals surface area contributed by atoms with Gasteiger partial charge >= 0.3 is 0 Å². The normalized spacial score (nSPS) is 39.7. The Morgan fingerprint density at radius 3 is 2.55 bits per heavy atom. The van der Waals surface area contributed by atoms with Gasteiger partial charge in [0.1, 0.15) is 0 Å². The largest absolute Gasteiger partial charge is 0.0914 e. The molecule has 0 aromatic rings. The van der Waals surface area contributed by atoms with E-state index >= 15 is 0 Å². The van der Waals surface area contributed by atoms with E-state index in [2.05, 4.69) is 32.9 Å². The Balaban J connectivity index is 2.51. The molecule has 1 aliphatic rings. The Hall–Kier alpha value is -0.260. The molecule has 0 unspecified atom stereocenters. The van der Waals surface area contributed by atoms with Gasteiger partial charge in [-0.15, -0.1) is 0 Å². The quantitative estimate of drug-likeness (QED) is 0.503. The summed E-state index contributed by atoms with van der Waals surface area (Å²) in [5.74, 6) is 2.70. The fourth-order valence-corrected chi connectivity index (χ4v) is 2.14. The summed E-state index contributed by atoms with van der Waals surface area (Å²) in [6.07, 6.45) is 8.88. The van der Waals surface area contributed by atoms with E-state index in [1.807, 2.05) is 0 Å². The molecule has 0 heteroatoms. The lowest BCUT2D eigenvalue weighted by molar-refractivity contribution is 0.219. The molecule has 1 fully saturated rings. The lowest BCUT2D eigenvalue weighted by Crippen LogP contribution is -2.22. The van der Waals surface area contributed by atoms with Crippen molar-refractivity contribution < 1.29 is 0 Å². The fraction of sp³-hybridized carbons (Fsp3) is 0.818. The van der Waals surface area contributed by atoms with Crippen molar-refractivity contribution in [3.8, 4) is 0 Å². The maximum Gasteiger partial charge on any atom is -0.0205 e. The highest BCUT2D eigenvalue weighted by Gasteiger charge is 2.24. The zero-order chi connectivity index (χ0) is 8.27. The molecule has 0 spiro atoms. The molecule has 0 radical (unpaired) electrons. The van der Waals surface area contributed by atoms with Gasteiger partial charge in [0.05, 0.1) is 0 Å². The van der Waals surface area contributed by atoms with E-state index in [4.69, 9.17) is 0 Å². The first kappa shape index (κ1) is 8.83. The highest BCUT2D eigenvalue weighted by molar-refractivity contribution is 4.92. The van der Waals surface area contributed by atoms with Crippen LogP contribution in [0.1, 0.15) is 40.0 Å². The van der Waals surface area contributed by atoms with Gasteiger partial charge in [0.15, 0.2) is 0 Å². The van der Waals surface area contributed by atoms with Gasteiger partial charge < -0.3 is 0 Å². The smallest absolute Gasteiger partial charge is 0.0205 e. The van der Waals surface area contributed by atoms with E-state index in [0.29, 0.717) is 0 Å². The topological polar surface area (TPSA) is 0 Å². The van der Waals surface area contributed by atoms with Crippen LogP contribution in [0.25, 0.3) is 0 Å². The lowest BCUT2D eigenvalue weighted by atomic mass is 9.74. The summed E-state index contributed by atoms with van der Waals surface area (Å²) in [6, 6.07) is 0. The minimum absolute atomic E-state index is 0.865. The predicted octanol–water partition coefficient (Wildman–Crippen LogP) is 3.63. The summed E-state index contributed by atoms with van der Waals surface area (Å²) in [7, 11) is 0. The highest BCUT2D eigenvalue weighted by atomic mass is 14.3. The van der Waals surface area contributed by atoms with Gasteiger partial charge in [-0.2, -0.15) is 0 Å². The van der Waals surface area contributed by atoms with Gasteiger partial charge in [-0.1, -0.05) is 38.8 Å². The van der Waals surface area contributed by atoms with Crippen LogP contribution in [0.2, 0.25) is 0 Å². The van der Waals surface area contributed by atoms with Crippen LogP contribution in [0.15, 0.2) is 12.2 Å². The summed E-state index contributed by atoms with van der Waals surface area (Å²) in [5, 5.41) is 0. The number of hydrogen-bond acceptors (Lipinski definition) is 0. The van der Waals surface area contributed by atoms with Crippen LogP contribution in [0.4, 0.5) is 0 Å². The van der Waals surface area contributed by atoms with Crippen LogP contribution in [0.5, 0.6) is 0 Å². The second-order valence-electron chi connectivity index (χ2n) is 3.96. The first-order valence-electron chi connectivity index (χ1n) is 4.88. The van der Waals surface area contributed by atoms with Crippen LogP contribution < -0.4 is 0 Å². The molecule has 0 aromatic carbocycles. The van der Waals surface area contributed by atoms with Gasteiger partial charge in [-0.25, -0.2) is 0 Å². The van der Waals surface area contributed by atoms with Crippen molar-refractivity contribution in [3.05, 3.63) is 12.2 Å². The third-order valence-corrected chi connectivity index (χ3v) is 3.21. The molecule has 0 saturated heterocycles. The lowest BCUT2D eigenvalue weighted by Gasteiger charge is -2.32. The molecule has 0 nitrogen and oxygen atoms in total. The van der Waals surface area contributed by atoms with Crippen LogP contribution in [-0.4, -0.2) is 0 Å². The first-order valence-corrected chi connectivity index (χ1v) is 4.88. The van der Waals surface area contributed by atoms with Gasteiger partial charge in [0.2, 0.25) is 0 Å². The SMILES string of the molecule is C/C=C\[C@@H]1CCC[C@H](C)[C@H]1C. The highest BCUT2D eigenvalue weighted by Crippen LogP contribution is 2.34. The van der Waals surface area contributed by atoms with E-state index in [1.165, 1.54) is 19.3 Å². The molecule has 1 saturated carbocycles. The molecule has 11 heavy (non-hydrogen) atoms. The van der Waals surface area contributed by atoms with Crippen molar-refractivity contribution in [2.45, 2.75) is 40.0 Å². The van der Waals surface area contributed by atoms with Crippen LogP contribution in [0.3, 0.4) is 0 Å². The second-order valence-corrected chi connectivity index (χ2v) is 3.96. The molecular weight excluding hydrogens is 132 g/mol. The summed E-state index contributed by atoms with van der Waals surface area (Å²) in [6.45, 7) is 6.92. The van der Waals surface area contributed by atoms with Crippen LogP contribution >= 0.6 is 0 Å². The standard InChI is InChI=1S/C11H20/c1-4-6-11-8-5-7-9(2)10(11)3/h4,6,9-11H,5,7-8H2,1-3H3/b6-4-/t9-,10+,11+/m0/s1. The molecule has 3 atom stereocenters. The Kier molecular flexibility index (Phi) is 3.16. The van der Waals surface area contributed by atoms with Gasteiger partial charge in [0, 0.05) is 0 Å². The molecule has 0 heterocycles.